The first-order valence-electron chi connectivity index (χ1n) is 17.6. The molecule has 0 radical (unpaired) electrons. The third-order valence-electron chi connectivity index (χ3n) is 10.9. The molecule has 5 aliphatic heterocycles. The third-order valence-corrected chi connectivity index (χ3v) is 10.9. The van der Waals surface area contributed by atoms with Gasteiger partial charge in [-0.3, -0.25) is 4.79 Å². The van der Waals surface area contributed by atoms with Crippen LogP contribution in [0.25, 0.3) is 5.57 Å². The Labute approximate surface area is 297 Å². The topological polar surface area (TPSA) is 126 Å². The lowest BCUT2D eigenvalue weighted by atomic mass is 9.86. The number of ether oxygens (including phenoxy) is 1. The minimum atomic E-state index is -0.245. The summed E-state index contributed by atoms with van der Waals surface area (Å²) in [6.07, 6.45) is 10.3. The molecule has 2 aromatic rings. The van der Waals surface area contributed by atoms with Gasteiger partial charge in [0.05, 0.1) is 54.1 Å². The quantitative estimate of drug-likeness (QED) is 0.294. The van der Waals surface area contributed by atoms with Gasteiger partial charge in [0.25, 0.3) is 0 Å². The van der Waals surface area contributed by atoms with Gasteiger partial charge in [0, 0.05) is 52.8 Å². The second-order valence-electron chi connectivity index (χ2n) is 13.9. The van der Waals surface area contributed by atoms with Gasteiger partial charge in [0.1, 0.15) is 11.5 Å². The van der Waals surface area contributed by atoms with Crippen molar-refractivity contribution in [1.29, 1.82) is 0 Å². The van der Waals surface area contributed by atoms with E-state index in [-0.39, 0.29) is 24.2 Å². The number of aromatic nitrogens is 3. The molecule has 2 atom stereocenters. The number of rotatable bonds is 7. The van der Waals surface area contributed by atoms with E-state index in [1.165, 1.54) is 7.11 Å². The fraction of sp³-hybridized carbons (Fsp3) is 0.317. The second-order valence-corrected chi connectivity index (χ2v) is 13.9. The predicted molar refractivity (Wildman–Crippen MR) is 199 cm³/mol. The number of aliphatic imine (C=N–C) groups is 3. The summed E-state index contributed by atoms with van der Waals surface area (Å²) in [4.78, 5) is 27.9. The van der Waals surface area contributed by atoms with Gasteiger partial charge in [-0.05, 0) is 79.7 Å². The molecule has 8 rings (SSSR count). The minimum absolute atomic E-state index is 0.0175. The molecule has 1 saturated heterocycles. The molecule has 258 valence electrons. The van der Waals surface area contributed by atoms with Crippen LogP contribution in [-0.2, 0) is 16.1 Å². The van der Waals surface area contributed by atoms with E-state index in [2.05, 4.69) is 67.6 Å². The molecule has 10 heteroatoms. The Morgan fingerprint density at radius 2 is 1.75 bits per heavy atom. The van der Waals surface area contributed by atoms with Crippen LogP contribution < -0.4 is 5.32 Å². The van der Waals surface area contributed by atoms with E-state index >= 15 is 0 Å². The molecule has 0 saturated carbocycles. The van der Waals surface area contributed by atoms with Crippen molar-refractivity contribution < 1.29 is 14.6 Å². The normalized spacial score (nSPS) is 22.4. The zero-order valence-electron chi connectivity index (χ0n) is 29.8. The number of methoxy groups -OCH3 is 1. The van der Waals surface area contributed by atoms with Crippen LogP contribution in [0.15, 0.2) is 137 Å². The maximum atomic E-state index is 12.4. The van der Waals surface area contributed by atoms with E-state index < -0.39 is 0 Å². The summed E-state index contributed by atoms with van der Waals surface area (Å²) in [6, 6.07) is 10.2. The van der Waals surface area contributed by atoms with E-state index in [1.54, 1.807) is 0 Å². The van der Waals surface area contributed by atoms with Gasteiger partial charge in [-0.25, -0.2) is 19.7 Å². The highest BCUT2D eigenvalue weighted by molar-refractivity contribution is 6.22. The number of hydrogen-bond donors (Lipinski definition) is 2. The number of nitrogens with one attached hydrogen (secondary N) is 1. The molecule has 2 N–H and O–H groups in total. The molecular formula is C41H41N7O3. The summed E-state index contributed by atoms with van der Waals surface area (Å²) < 4.78 is 6.89. The average molecular weight is 680 g/mol. The number of hydrogen-bond acceptors (Lipinski definition) is 9. The smallest absolute Gasteiger partial charge is 0.305 e. The maximum Gasteiger partial charge on any atom is 0.305 e. The number of aliphatic hydroxyl groups excluding tert-OH is 1. The molecule has 0 amide bonds. The van der Waals surface area contributed by atoms with Crippen LogP contribution in [0.2, 0.25) is 0 Å². The van der Waals surface area contributed by atoms with Gasteiger partial charge in [0.2, 0.25) is 0 Å². The van der Waals surface area contributed by atoms with Gasteiger partial charge >= 0.3 is 5.97 Å². The lowest BCUT2D eigenvalue weighted by Crippen LogP contribution is -2.16. The monoisotopic (exact) mass is 679 g/mol. The number of carbonyl (C=O) groups is 1. The standard InChI is InChI=1S/C41H41N7O3/c1-7-26-21(2)29-18-34-38(35-20-48(47-46-35)19-25-11-9-8-10-12-25)23(4)31(43-34)16-30-22(3)27(13-14-37(50)51-6)40(44-30)28-15-36(49)39-24(5)32(45-41(28)39)17-33(26)42-29/h8-12,16-18,20,22,27,44,49H,7,13-15,19H2,1-6H3/t22-,27-/m0/s1. The summed E-state index contributed by atoms with van der Waals surface area (Å²) in [5.74, 6) is 0.0886. The molecule has 6 aliphatic rings. The summed E-state index contributed by atoms with van der Waals surface area (Å²) in [7, 11) is 1.42. The fourth-order valence-corrected chi connectivity index (χ4v) is 8.06. The summed E-state index contributed by atoms with van der Waals surface area (Å²) in [5, 5.41) is 24.2. The highest BCUT2D eigenvalue weighted by Gasteiger charge is 2.41. The number of nitrogens with zero attached hydrogens (tertiary/aromatic N) is 6. The summed E-state index contributed by atoms with van der Waals surface area (Å²) in [6.45, 7) is 11.1. The minimum Gasteiger partial charge on any atom is -0.511 e. The number of allylic oxidation sites excluding steroid dienone is 12. The van der Waals surface area contributed by atoms with Crippen molar-refractivity contribution in [3.8, 4) is 0 Å². The zero-order chi connectivity index (χ0) is 35.6. The van der Waals surface area contributed by atoms with Gasteiger partial charge in [0.15, 0.2) is 0 Å². The Balaban J connectivity index is 1.30. The maximum absolute atomic E-state index is 12.4. The summed E-state index contributed by atoms with van der Waals surface area (Å²) in [5.41, 5.74) is 15.6. The first-order chi connectivity index (χ1) is 24.6. The molecule has 0 unspecified atom stereocenters. The number of aliphatic hydroxyl groups is 1. The molecule has 1 aromatic heterocycles. The fourth-order valence-electron chi connectivity index (χ4n) is 8.06. The average Bonchev–Trinajstić information content (AvgIpc) is 3.95. The SMILES string of the molecule is CCC1=C(C)C2=NC1=CC1=C(C)C3=C(O)CC(=C4NC(=CC5=NC(=C2)C(c2cn(Cc6ccccc6)nn2)=C5C)[C@@H](C)[C@@H]4CCC(=O)OC)C3=N1. The molecule has 1 aliphatic carbocycles. The molecule has 10 nitrogen and oxygen atoms in total. The Bertz CT molecular complexity index is 2260. The first-order valence-corrected chi connectivity index (χ1v) is 17.6. The van der Waals surface area contributed by atoms with E-state index in [4.69, 9.17) is 19.7 Å². The van der Waals surface area contributed by atoms with Crippen molar-refractivity contribution in [3.05, 3.63) is 134 Å². The Kier molecular flexibility index (Phi) is 8.04. The van der Waals surface area contributed by atoms with E-state index in [0.717, 1.165) is 102 Å². The van der Waals surface area contributed by atoms with Crippen LogP contribution in [0, 0.1) is 11.8 Å². The Morgan fingerprint density at radius 3 is 2.51 bits per heavy atom. The number of fused-ring (bicyclic) bond motifs is 5. The number of benzene rings is 1. The third kappa shape index (κ3) is 5.49. The number of esters is 1. The number of carbonyl (C=O) groups excluding carboxylic acids is 1. The Morgan fingerprint density at radius 1 is 0.980 bits per heavy atom. The molecule has 1 aromatic carbocycles. The van der Waals surface area contributed by atoms with Crippen molar-refractivity contribution in [2.75, 3.05) is 7.11 Å². The van der Waals surface area contributed by atoms with Crippen LogP contribution in [-0.4, -0.2) is 50.3 Å². The van der Waals surface area contributed by atoms with Crippen molar-refractivity contribution in [2.24, 2.45) is 26.8 Å². The molecule has 8 bridgehead atoms. The van der Waals surface area contributed by atoms with Gasteiger partial charge in [-0.1, -0.05) is 49.4 Å². The van der Waals surface area contributed by atoms with Gasteiger partial charge in [-0.15, -0.1) is 5.10 Å². The predicted octanol–water partition coefficient (Wildman–Crippen LogP) is 7.41. The van der Waals surface area contributed by atoms with Crippen LogP contribution in [0.3, 0.4) is 0 Å². The van der Waals surface area contributed by atoms with E-state index in [1.807, 2.05) is 42.1 Å². The Hall–Kier alpha value is -5.64. The lowest BCUT2D eigenvalue weighted by molar-refractivity contribution is -0.140. The molecule has 1 fully saturated rings. The lowest BCUT2D eigenvalue weighted by Gasteiger charge is -2.17. The van der Waals surface area contributed by atoms with Crippen LogP contribution >= 0.6 is 0 Å². The highest BCUT2D eigenvalue weighted by atomic mass is 16.5. The largest absolute Gasteiger partial charge is 0.511 e. The van der Waals surface area contributed by atoms with Crippen LogP contribution in [0.1, 0.15) is 71.6 Å². The van der Waals surface area contributed by atoms with Crippen molar-refractivity contribution in [2.45, 2.75) is 66.8 Å². The highest BCUT2D eigenvalue weighted by Crippen LogP contribution is 2.46. The van der Waals surface area contributed by atoms with Gasteiger partial charge < -0.3 is 15.2 Å². The van der Waals surface area contributed by atoms with E-state index in [0.29, 0.717) is 25.1 Å². The van der Waals surface area contributed by atoms with E-state index in [9.17, 15) is 9.90 Å². The molecule has 51 heavy (non-hydrogen) atoms. The van der Waals surface area contributed by atoms with Crippen molar-refractivity contribution in [1.82, 2.24) is 20.3 Å². The molecule has 0 spiro atoms. The van der Waals surface area contributed by atoms with Crippen molar-refractivity contribution in [3.63, 3.8) is 0 Å². The molecular weight excluding hydrogens is 638 g/mol. The first kappa shape index (κ1) is 32.6. The van der Waals surface area contributed by atoms with Gasteiger partial charge in [-0.2, -0.15) is 0 Å². The van der Waals surface area contributed by atoms with Crippen molar-refractivity contribution >= 4 is 28.7 Å². The van der Waals surface area contributed by atoms with Crippen LogP contribution in [0.5, 0.6) is 0 Å². The summed E-state index contributed by atoms with van der Waals surface area (Å²) >= 11 is 0. The second kappa shape index (κ2) is 12.6. The van der Waals surface area contributed by atoms with Crippen LogP contribution in [0.4, 0.5) is 0 Å². The zero-order valence-corrected chi connectivity index (χ0v) is 29.8. The molecule has 6 heterocycles.